The Morgan fingerprint density at radius 2 is 2.27 bits per heavy atom. The Hall–Kier alpha value is -1.19. The number of anilines is 1. The Bertz CT molecular complexity index is 300. The third-order valence-electron chi connectivity index (χ3n) is 1.93. The zero-order chi connectivity index (χ0) is 7.68. The highest BCUT2D eigenvalue weighted by Gasteiger charge is 2.13. The first-order chi connectivity index (χ1) is 5.38. The summed E-state index contributed by atoms with van der Waals surface area (Å²) in [5, 5.41) is 5.36. The summed E-state index contributed by atoms with van der Waals surface area (Å²) >= 11 is 0. The summed E-state index contributed by atoms with van der Waals surface area (Å²) in [4.78, 5) is 11.0. The molecular weight excluding hydrogens is 144 g/mol. The lowest BCUT2D eigenvalue weighted by atomic mass is 10.2. The van der Waals surface area contributed by atoms with Gasteiger partial charge < -0.3 is 9.84 Å². The number of fused-ring (bicyclic) bond motifs is 1. The molecule has 2 heterocycles. The van der Waals surface area contributed by atoms with E-state index in [1.807, 2.05) is 0 Å². The van der Waals surface area contributed by atoms with E-state index in [-0.39, 0.29) is 5.56 Å². The Kier molecular flexibility index (Phi) is 1.45. The van der Waals surface area contributed by atoms with E-state index in [0.717, 1.165) is 31.4 Å². The lowest BCUT2D eigenvalue weighted by Gasteiger charge is -1.94. The number of aromatic nitrogens is 1. The minimum Gasteiger partial charge on any atom is -0.361 e. The van der Waals surface area contributed by atoms with Crippen molar-refractivity contribution in [1.29, 1.82) is 0 Å². The maximum absolute atomic E-state index is 11.0. The molecule has 1 aromatic heterocycles. The van der Waals surface area contributed by atoms with Crippen LogP contribution in [0.3, 0.4) is 0 Å². The molecule has 0 spiro atoms. The van der Waals surface area contributed by atoms with Gasteiger partial charge in [-0.05, 0) is 19.3 Å². The standard InChI is InChI=1S/C7H10N2O2/c10-6-5-3-1-2-4-8-7(5)11-9-6/h8H,1-4H2,(H,9,10). The van der Waals surface area contributed by atoms with Gasteiger partial charge in [-0.3, -0.25) is 4.79 Å². The molecule has 2 rings (SSSR count). The zero-order valence-corrected chi connectivity index (χ0v) is 6.14. The first kappa shape index (κ1) is 6.52. The molecule has 0 amide bonds. The summed E-state index contributed by atoms with van der Waals surface area (Å²) in [7, 11) is 0. The van der Waals surface area contributed by atoms with Crippen molar-refractivity contribution in [2.45, 2.75) is 19.3 Å². The number of hydrogen-bond acceptors (Lipinski definition) is 3. The molecule has 0 aliphatic carbocycles. The maximum Gasteiger partial charge on any atom is 0.285 e. The Balaban J connectivity index is 2.43. The molecule has 0 fully saturated rings. The van der Waals surface area contributed by atoms with Gasteiger partial charge in [0, 0.05) is 6.54 Å². The molecule has 1 aliphatic heterocycles. The van der Waals surface area contributed by atoms with Crippen molar-refractivity contribution in [2.24, 2.45) is 0 Å². The summed E-state index contributed by atoms with van der Waals surface area (Å²) in [6.07, 6.45) is 2.99. The molecular formula is C7H10N2O2. The van der Waals surface area contributed by atoms with Gasteiger partial charge in [0.25, 0.3) is 5.56 Å². The number of aromatic amines is 1. The Labute approximate surface area is 63.6 Å². The van der Waals surface area contributed by atoms with Crippen LogP contribution in [0.1, 0.15) is 18.4 Å². The molecule has 0 saturated heterocycles. The van der Waals surface area contributed by atoms with E-state index in [0.29, 0.717) is 5.88 Å². The molecule has 4 heteroatoms. The molecule has 60 valence electrons. The fraction of sp³-hybridized carbons (Fsp3) is 0.571. The van der Waals surface area contributed by atoms with Crippen LogP contribution in [0.4, 0.5) is 5.88 Å². The van der Waals surface area contributed by atoms with Gasteiger partial charge in [0.1, 0.15) is 0 Å². The van der Waals surface area contributed by atoms with Crippen molar-refractivity contribution in [2.75, 3.05) is 11.9 Å². The highest BCUT2D eigenvalue weighted by atomic mass is 16.5. The topological polar surface area (TPSA) is 58.0 Å². The van der Waals surface area contributed by atoms with Crippen LogP contribution in [-0.4, -0.2) is 11.7 Å². The van der Waals surface area contributed by atoms with E-state index in [1.165, 1.54) is 0 Å². The van der Waals surface area contributed by atoms with Gasteiger partial charge in [0.15, 0.2) is 0 Å². The average molecular weight is 154 g/mol. The van der Waals surface area contributed by atoms with Gasteiger partial charge in [-0.15, -0.1) is 0 Å². The third-order valence-corrected chi connectivity index (χ3v) is 1.93. The van der Waals surface area contributed by atoms with Gasteiger partial charge >= 0.3 is 0 Å². The molecule has 1 aromatic rings. The van der Waals surface area contributed by atoms with Gasteiger partial charge in [-0.1, -0.05) is 0 Å². The van der Waals surface area contributed by atoms with Crippen molar-refractivity contribution >= 4 is 5.88 Å². The molecule has 1 aliphatic rings. The summed E-state index contributed by atoms with van der Waals surface area (Å²) in [6.45, 7) is 0.897. The van der Waals surface area contributed by atoms with Gasteiger partial charge in [-0.25, -0.2) is 0 Å². The van der Waals surface area contributed by atoms with Crippen molar-refractivity contribution in [1.82, 2.24) is 5.16 Å². The van der Waals surface area contributed by atoms with Crippen molar-refractivity contribution < 1.29 is 4.52 Å². The van der Waals surface area contributed by atoms with E-state index in [4.69, 9.17) is 4.52 Å². The Morgan fingerprint density at radius 1 is 1.36 bits per heavy atom. The second-order valence-corrected chi connectivity index (χ2v) is 2.72. The fourth-order valence-corrected chi connectivity index (χ4v) is 1.32. The lowest BCUT2D eigenvalue weighted by Crippen LogP contribution is -2.05. The molecule has 11 heavy (non-hydrogen) atoms. The summed E-state index contributed by atoms with van der Waals surface area (Å²) in [5.41, 5.74) is 0.678. The summed E-state index contributed by atoms with van der Waals surface area (Å²) < 4.78 is 4.92. The van der Waals surface area contributed by atoms with Crippen LogP contribution in [0, 0.1) is 0 Å². The number of H-pyrrole nitrogens is 1. The van der Waals surface area contributed by atoms with E-state index < -0.39 is 0 Å². The average Bonchev–Trinajstić information content (AvgIpc) is 2.25. The van der Waals surface area contributed by atoms with E-state index >= 15 is 0 Å². The van der Waals surface area contributed by atoms with Crippen LogP contribution in [0.15, 0.2) is 9.32 Å². The predicted octanol–water partition coefficient (Wildman–Crippen LogP) is 0.716. The molecule has 0 radical (unpaired) electrons. The van der Waals surface area contributed by atoms with E-state index in [9.17, 15) is 4.79 Å². The van der Waals surface area contributed by atoms with Gasteiger partial charge in [-0.2, -0.15) is 5.16 Å². The maximum atomic E-state index is 11.0. The van der Waals surface area contributed by atoms with Crippen molar-refractivity contribution in [3.63, 3.8) is 0 Å². The molecule has 0 aromatic carbocycles. The minimum absolute atomic E-state index is 0.0885. The molecule has 0 bridgehead atoms. The zero-order valence-electron chi connectivity index (χ0n) is 6.14. The van der Waals surface area contributed by atoms with Crippen molar-refractivity contribution in [3.8, 4) is 0 Å². The fourth-order valence-electron chi connectivity index (χ4n) is 1.32. The molecule has 0 saturated carbocycles. The predicted molar refractivity (Wildman–Crippen MR) is 40.8 cm³/mol. The van der Waals surface area contributed by atoms with E-state index in [1.54, 1.807) is 0 Å². The summed E-state index contributed by atoms with van der Waals surface area (Å²) in [6, 6.07) is 0. The SMILES string of the molecule is O=c1[nH]oc2c1CCCCN2. The van der Waals surface area contributed by atoms with Gasteiger partial charge in [0.05, 0.1) is 5.56 Å². The lowest BCUT2D eigenvalue weighted by molar-refractivity contribution is 0.426. The highest BCUT2D eigenvalue weighted by Crippen LogP contribution is 2.16. The second-order valence-electron chi connectivity index (χ2n) is 2.72. The smallest absolute Gasteiger partial charge is 0.285 e. The number of hydrogen-bond donors (Lipinski definition) is 2. The molecule has 4 nitrogen and oxygen atoms in total. The second kappa shape index (κ2) is 2.45. The normalized spacial score (nSPS) is 16.7. The number of nitrogens with one attached hydrogen (secondary N) is 2. The van der Waals surface area contributed by atoms with Crippen molar-refractivity contribution in [3.05, 3.63) is 15.9 Å². The monoisotopic (exact) mass is 154 g/mol. The highest BCUT2D eigenvalue weighted by molar-refractivity contribution is 5.39. The molecule has 0 atom stereocenters. The van der Waals surface area contributed by atoms with E-state index in [2.05, 4.69) is 10.5 Å². The third kappa shape index (κ3) is 1.04. The molecule has 2 N–H and O–H groups in total. The van der Waals surface area contributed by atoms with Crippen LogP contribution in [-0.2, 0) is 6.42 Å². The quantitative estimate of drug-likeness (QED) is 0.578. The van der Waals surface area contributed by atoms with Crippen LogP contribution < -0.4 is 10.9 Å². The summed E-state index contributed by atoms with van der Waals surface area (Å²) in [5.74, 6) is 0.632. The first-order valence-corrected chi connectivity index (χ1v) is 3.82. The Morgan fingerprint density at radius 3 is 3.18 bits per heavy atom. The van der Waals surface area contributed by atoms with Crippen LogP contribution in [0.25, 0.3) is 0 Å². The van der Waals surface area contributed by atoms with Crippen LogP contribution in [0.5, 0.6) is 0 Å². The minimum atomic E-state index is -0.0885. The van der Waals surface area contributed by atoms with Crippen LogP contribution in [0.2, 0.25) is 0 Å². The van der Waals surface area contributed by atoms with Crippen LogP contribution >= 0.6 is 0 Å². The largest absolute Gasteiger partial charge is 0.361 e. The number of rotatable bonds is 0. The first-order valence-electron chi connectivity index (χ1n) is 3.82. The molecule has 0 unspecified atom stereocenters. The van der Waals surface area contributed by atoms with Gasteiger partial charge in [0.2, 0.25) is 5.88 Å².